The molecule has 0 atom stereocenters. The molecule has 3 rings (SSSR count). The fraction of sp³-hybridized carbons (Fsp3) is 0. The van der Waals surface area contributed by atoms with Crippen molar-refractivity contribution in [1.82, 2.24) is 9.97 Å². The molecule has 3 aromatic rings. The highest BCUT2D eigenvalue weighted by atomic mass is 35.5. The summed E-state index contributed by atoms with van der Waals surface area (Å²) >= 11 is 11.9. The molecule has 0 aliphatic heterocycles. The maximum absolute atomic E-state index is 13.0. The van der Waals surface area contributed by atoms with E-state index in [0.29, 0.717) is 27.4 Å². The molecule has 0 spiro atoms. The molecule has 1 heterocycles. The van der Waals surface area contributed by atoms with Gasteiger partial charge in [0.2, 0.25) is 0 Å². The van der Waals surface area contributed by atoms with Crippen LogP contribution in [0.2, 0.25) is 10.2 Å². The molecule has 110 valence electrons. The Labute approximate surface area is 136 Å². The average molecular weight is 334 g/mol. The van der Waals surface area contributed by atoms with Gasteiger partial charge in [0.25, 0.3) is 0 Å². The van der Waals surface area contributed by atoms with E-state index < -0.39 is 0 Å². The quantitative estimate of drug-likeness (QED) is 0.658. The van der Waals surface area contributed by atoms with Crippen molar-refractivity contribution >= 4 is 34.7 Å². The molecule has 0 amide bonds. The zero-order valence-corrected chi connectivity index (χ0v) is 12.7. The molecule has 0 radical (unpaired) electrons. The van der Waals surface area contributed by atoms with E-state index in [0.717, 1.165) is 5.69 Å². The van der Waals surface area contributed by atoms with Crippen LogP contribution < -0.4 is 5.32 Å². The van der Waals surface area contributed by atoms with Crippen molar-refractivity contribution in [1.29, 1.82) is 0 Å². The fourth-order valence-electron chi connectivity index (χ4n) is 1.89. The molecule has 0 unspecified atom stereocenters. The monoisotopic (exact) mass is 333 g/mol. The van der Waals surface area contributed by atoms with Gasteiger partial charge in [0, 0.05) is 22.3 Å². The third kappa shape index (κ3) is 3.53. The highest BCUT2D eigenvalue weighted by Gasteiger charge is 2.07. The molecule has 6 heteroatoms. The van der Waals surface area contributed by atoms with Crippen LogP contribution in [0.3, 0.4) is 0 Å². The van der Waals surface area contributed by atoms with Gasteiger partial charge >= 0.3 is 0 Å². The van der Waals surface area contributed by atoms with E-state index in [4.69, 9.17) is 23.2 Å². The first-order chi connectivity index (χ1) is 10.6. The molecule has 1 N–H and O–H groups in total. The zero-order valence-electron chi connectivity index (χ0n) is 11.2. The van der Waals surface area contributed by atoms with E-state index >= 15 is 0 Å². The van der Waals surface area contributed by atoms with Crippen LogP contribution in [0.25, 0.3) is 11.4 Å². The predicted molar refractivity (Wildman–Crippen MR) is 87.2 cm³/mol. The summed E-state index contributed by atoms with van der Waals surface area (Å²) < 4.78 is 13.0. The molecular formula is C16H10Cl2FN3. The van der Waals surface area contributed by atoms with Gasteiger partial charge in [0.15, 0.2) is 5.82 Å². The van der Waals surface area contributed by atoms with Crippen LogP contribution >= 0.6 is 23.2 Å². The van der Waals surface area contributed by atoms with Crippen molar-refractivity contribution in [3.8, 4) is 11.4 Å². The molecule has 0 aliphatic rings. The number of aromatic nitrogens is 2. The number of hydrogen-bond acceptors (Lipinski definition) is 3. The normalized spacial score (nSPS) is 10.5. The van der Waals surface area contributed by atoms with E-state index in [1.165, 1.54) is 12.1 Å². The Bertz CT molecular complexity index is 789. The van der Waals surface area contributed by atoms with E-state index in [9.17, 15) is 4.39 Å². The smallest absolute Gasteiger partial charge is 0.163 e. The van der Waals surface area contributed by atoms with Gasteiger partial charge in [-0.3, -0.25) is 0 Å². The number of hydrogen-bond donors (Lipinski definition) is 1. The lowest BCUT2D eigenvalue weighted by Gasteiger charge is -2.08. The highest BCUT2D eigenvalue weighted by Crippen LogP contribution is 2.23. The molecule has 3 nitrogen and oxygen atoms in total. The summed E-state index contributed by atoms with van der Waals surface area (Å²) in [5.74, 6) is 0.649. The first-order valence-corrected chi connectivity index (χ1v) is 7.19. The van der Waals surface area contributed by atoms with Crippen LogP contribution in [0.15, 0.2) is 54.6 Å². The minimum absolute atomic E-state index is 0.297. The van der Waals surface area contributed by atoms with E-state index in [1.54, 1.807) is 30.3 Å². The Kier molecular flexibility index (Phi) is 4.22. The van der Waals surface area contributed by atoms with Crippen LogP contribution in [0.1, 0.15) is 0 Å². The molecule has 0 saturated heterocycles. The van der Waals surface area contributed by atoms with Gasteiger partial charge in [-0.2, -0.15) is 0 Å². The van der Waals surface area contributed by atoms with Crippen molar-refractivity contribution in [3.05, 3.63) is 70.6 Å². The molecule has 0 fully saturated rings. The van der Waals surface area contributed by atoms with Gasteiger partial charge in [0.1, 0.15) is 16.8 Å². The van der Waals surface area contributed by atoms with Gasteiger partial charge < -0.3 is 5.32 Å². The second-order valence-corrected chi connectivity index (χ2v) is 5.36. The minimum Gasteiger partial charge on any atom is -0.340 e. The van der Waals surface area contributed by atoms with Crippen molar-refractivity contribution in [3.63, 3.8) is 0 Å². The molecule has 22 heavy (non-hydrogen) atoms. The first kappa shape index (κ1) is 14.8. The first-order valence-electron chi connectivity index (χ1n) is 6.43. The van der Waals surface area contributed by atoms with Gasteiger partial charge in [0.05, 0.1) is 0 Å². The van der Waals surface area contributed by atoms with E-state index in [1.807, 2.05) is 12.1 Å². The number of nitrogens with zero attached hydrogens (tertiary/aromatic N) is 2. The zero-order chi connectivity index (χ0) is 15.5. The topological polar surface area (TPSA) is 37.8 Å². The van der Waals surface area contributed by atoms with E-state index in [-0.39, 0.29) is 5.82 Å². The van der Waals surface area contributed by atoms with Crippen LogP contribution in [-0.4, -0.2) is 9.97 Å². The molecule has 0 bridgehead atoms. The summed E-state index contributed by atoms with van der Waals surface area (Å²) in [4.78, 5) is 8.55. The number of nitrogens with one attached hydrogen (secondary N) is 1. The molecule has 0 aliphatic carbocycles. The molecule has 1 aromatic heterocycles. The van der Waals surface area contributed by atoms with E-state index in [2.05, 4.69) is 15.3 Å². The maximum atomic E-state index is 13.0. The summed E-state index contributed by atoms with van der Waals surface area (Å²) in [6.07, 6.45) is 0. The average Bonchev–Trinajstić information content (AvgIpc) is 2.50. The summed E-state index contributed by atoms with van der Waals surface area (Å²) in [6.45, 7) is 0. The van der Waals surface area contributed by atoms with Gasteiger partial charge in [-0.1, -0.05) is 23.2 Å². The highest BCUT2D eigenvalue weighted by molar-refractivity contribution is 6.30. The second-order valence-electron chi connectivity index (χ2n) is 4.54. The van der Waals surface area contributed by atoms with Crippen molar-refractivity contribution in [2.24, 2.45) is 0 Å². The number of halogens is 3. The van der Waals surface area contributed by atoms with Crippen LogP contribution in [-0.2, 0) is 0 Å². The molecular weight excluding hydrogens is 324 g/mol. The lowest BCUT2D eigenvalue weighted by atomic mass is 10.2. The summed E-state index contributed by atoms with van der Waals surface area (Å²) in [6, 6.07) is 14.7. The minimum atomic E-state index is -0.315. The van der Waals surface area contributed by atoms with Gasteiger partial charge in [-0.05, 0) is 48.5 Å². The van der Waals surface area contributed by atoms with Crippen LogP contribution in [0.4, 0.5) is 15.9 Å². The Hall–Kier alpha value is -2.17. The van der Waals surface area contributed by atoms with Crippen molar-refractivity contribution < 1.29 is 4.39 Å². The Morgan fingerprint density at radius 2 is 1.55 bits per heavy atom. The van der Waals surface area contributed by atoms with Crippen LogP contribution in [0, 0.1) is 5.82 Å². The SMILES string of the molecule is Fc1ccc(-c2nc(Cl)cc(Nc3ccc(Cl)cc3)n2)cc1. The fourth-order valence-corrected chi connectivity index (χ4v) is 2.20. The van der Waals surface area contributed by atoms with Gasteiger partial charge in [-0.25, -0.2) is 14.4 Å². The Balaban J connectivity index is 1.92. The third-order valence-electron chi connectivity index (χ3n) is 2.91. The van der Waals surface area contributed by atoms with Crippen LogP contribution in [0.5, 0.6) is 0 Å². The van der Waals surface area contributed by atoms with Crippen molar-refractivity contribution in [2.45, 2.75) is 0 Å². The summed E-state index contributed by atoms with van der Waals surface area (Å²) in [5, 5.41) is 4.07. The number of anilines is 2. The largest absolute Gasteiger partial charge is 0.340 e. The number of benzene rings is 2. The summed E-state index contributed by atoms with van der Waals surface area (Å²) in [5.41, 5.74) is 1.51. The second kappa shape index (κ2) is 6.30. The van der Waals surface area contributed by atoms with Crippen molar-refractivity contribution in [2.75, 3.05) is 5.32 Å². The Morgan fingerprint density at radius 3 is 2.23 bits per heavy atom. The molecule has 2 aromatic carbocycles. The third-order valence-corrected chi connectivity index (χ3v) is 3.36. The van der Waals surface area contributed by atoms with Gasteiger partial charge in [-0.15, -0.1) is 0 Å². The lowest BCUT2D eigenvalue weighted by Crippen LogP contribution is -1.97. The maximum Gasteiger partial charge on any atom is 0.163 e. The Morgan fingerprint density at radius 1 is 0.864 bits per heavy atom. The lowest BCUT2D eigenvalue weighted by molar-refractivity contribution is 0.628. The summed E-state index contributed by atoms with van der Waals surface area (Å²) in [7, 11) is 0. The predicted octanol–water partition coefficient (Wildman–Crippen LogP) is 5.33. The standard InChI is InChI=1S/C16H10Cl2FN3/c17-11-3-7-13(8-4-11)20-15-9-14(18)21-16(22-15)10-1-5-12(19)6-2-10/h1-9H,(H,20,21,22). The molecule has 0 saturated carbocycles. The number of rotatable bonds is 3.